The lowest BCUT2D eigenvalue weighted by atomic mass is 10.1. The summed E-state index contributed by atoms with van der Waals surface area (Å²) in [6.07, 6.45) is 5.40. The van der Waals surface area contributed by atoms with Crippen molar-refractivity contribution < 1.29 is 0 Å². The number of aryl methyl sites for hydroxylation is 1. The molecule has 2 N–H and O–H groups in total. The van der Waals surface area contributed by atoms with Gasteiger partial charge < -0.3 is 5.73 Å². The van der Waals surface area contributed by atoms with Crippen LogP contribution in [0.5, 0.6) is 0 Å². The molecule has 1 unspecified atom stereocenters. The zero-order chi connectivity index (χ0) is 8.97. The van der Waals surface area contributed by atoms with Gasteiger partial charge in [-0.3, -0.25) is 0 Å². The Labute approximate surface area is 77.8 Å². The minimum atomic E-state index is 0.205. The molecule has 0 bridgehead atoms. The number of nitrogens with zero attached hydrogens (tertiary/aromatic N) is 1. The van der Waals surface area contributed by atoms with E-state index in [1.165, 1.54) is 17.7 Å². The van der Waals surface area contributed by atoms with Crippen LogP contribution in [-0.2, 0) is 0 Å². The van der Waals surface area contributed by atoms with E-state index in [4.69, 9.17) is 5.73 Å². The van der Waals surface area contributed by atoms with Crippen LogP contribution >= 0.6 is 11.3 Å². The highest BCUT2D eigenvalue weighted by atomic mass is 32.1. The maximum Gasteiger partial charge on any atom is 0.0897 e. The first kappa shape index (κ1) is 9.68. The zero-order valence-corrected chi connectivity index (χ0v) is 8.53. The van der Waals surface area contributed by atoms with Gasteiger partial charge in [0.2, 0.25) is 0 Å². The highest BCUT2D eigenvalue weighted by Gasteiger charge is 2.07. The van der Waals surface area contributed by atoms with Crippen LogP contribution in [0.15, 0.2) is 6.20 Å². The molecule has 0 aromatic carbocycles. The summed E-state index contributed by atoms with van der Waals surface area (Å²) >= 11 is 1.71. The number of thiazole rings is 1. The largest absolute Gasteiger partial charge is 0.323 e. The maximum atomic E-state index is 5.96. The SMILES string of the molecule is CCCCC(N)c1cnc(C)s1. The van der Waals surface area contributed by atoms with Crippen LogP contribution in [-0.4, -0.2) is 4.98 Å². The normalized spacial score (nSPS) is 13.2. The molecule has 1 rings (SSSR count). The van der Waals surface area contributed by atoms with Crippen LogP contribution < -0.4 is 5.73 Å². The molecule has 12 heavy (non-hydrogen) atoms. The van der Waals surface area contributed by atoms with Gasteiger partial charge in [0.05, 0.1) is 5.01 Å². The van der Waals surface area contributed by atoms with Gasteiger partial charge in [-0.2, -0.15) is 0 Å². The van der Waals surface area contributed by atoms with Crippen LogP contribution in [0.2, 0.25) is 0 Å². The molecule has 0 radical (unpaired) electrons. The van der Waals surface area contributed by atoms with Crippen LogP contribution in [0.25, 0.3) is 0 Å². The molecule has 0 saturated heterocycles. The van der Waals surface area contributed by atoms with Crippen molar-refractivity contribution >= 4 is 11.3 Å². The molecule has 0 amide bonds. The minimum absolute atomic E-state index is 0.205. The lowest BCUT2D eigenvalue weighted by Gasteiger charge is -2.06. The van der Waals surface area contributed by atoms with E-state index in [0.717, 1.165) is 11.4 Å². The van der Waals surface area contributed by atoms with Crippen molar-refractivity contribution in [3.05, 3.63) is 16.1 Å². The van der Waals surface area contributed by atoms with Crippen molar-refractivity contribution in [1.82, 2.24) is 4.98 Å². The number of unbranched alkanes of at least 4 members (excludes halogenated alkanes) is 1. The van der Waals surface area contributed by atoms with Gasteiger partial charge in [0.1, 0.15) is 0 Å². The highest BCUT2D eigenvalue weighted by Crippen LogP contribution is 2.22. The molecule has 0 saturated carbocycles. The first-order valence-electron chi connectivity index (χ1n) is 4.42. The van der Waals surface area contributed by atoms with Gasteiger partial charge in [0.15, 0.2) is 0 Å². The number of aromatic nitrogens is 1. The lowest BCUT2D eigenvalue weighted by molar-refractivity contribution is 0.610. The molecule has 0 aliphatic carbocycles. The monoisotopic (exact) mass is 184 g/mol. The Morgan fingerprint density at radius 1 is 1.67 bits per heavy atom. The fraction of sp³-hybridized carbons (Fsp3) is 0.667. The molecule has 0 aliphatic rings. The number of nitrogens with two attached hydrogens (primary N) is 1. The maximum absolute atomic E-state index is 5.96. The Kier molecular flexibility index (Phi) is 3.69. The van der Waals surface area contributed by atoms with Crippen LogP contribution in [0, 0.1) is 6.92 Å². The average Bonchev–Trinajstić information content (AvgIpc) is 2.47. The van der Waals surface area contributed by atoms with Crippen LogP contribution in [0.4, 0.5) is 0 Å². The smallest absolute Gasteiger partial charge is 0.0897 e. The Balaban J connectivity index is 2.47. The van der Waals surface area contributed by atoms with Gasteiger partial charge in [-0.25, -0.2) is 4.98 Å². The van der Waals surface area contributed by atoms with Gasteiger partial charge in [-0.15, -0.1) is 11.3 Å². The van der Waals surface area contributed by atoms with E-state index < -0.39 is 0 Å². The molecule has 1 atom stereocenters. The van der Waals surface area contributed by atoms with Gasteiger partial charge in [-0.05, 0) is 13.3 Å². The van der Waals surface area contributed by atoms with Crippen molar-refractivity contribution in [3.63, 3.8) is 0 Å². The quantitative estimate of drug-likeness (QED) is 0.781. The molecule has 68 valence electrons. The first-order chi connectivity index (χ1) is 5.74. The first-order valence-corrected chi connectivity index (χ1v) is 5.23. The molecule has 1 aromatic heterocycles. The van der Waals surface area contributed by atoms with E-state index in [1.54, 1.807) is 11.3 Å². The Morgan fingerprint density at radius 2 is 2.42 bits per heavy atom. The summed E-state index contributed by atoms with van der Waals surface area (Å²) in [5.41, 5.74) is 5.96. The van der Waals surface area contributed by atoms with Crippen LogP contribution in [0.1, 0.15) is 42.1 Å². The van der Waals surface area contributed by atoms with E-state index in [9.17, 15) is 0 Å². The minimum Gasteiger partial charge on any atom is -0.323 e. The fourth-order valence-electron chi connectivity index (χ4n) is 1.12. The average molecular weight is 184 g/mol. The second-order valence-corrected chi connectivity index (χ2v) is 4.30. The molecule has 3 heteroatoms. The Bertz CT molecular complexity index is 232. The third-order valence-electron chi connectivity index (χ3n) is 1.87. The van der Waals surface area contributed by atoms with E-state index >= 15 is 0 Å². The summed E-state index contributed by atoms with van der Waals surface area (Å²) in [6.45, 7) is 4.20. The van der Waals surface area contributed by atoms with E-state index in [-0.39, 0.29) is 6.04 Å². The van der Waals surface area contributed by atoms with E-state index in [2.05, 4.69) is 11.9 Å². The van der Waals surface area contributed by atoms with Crippen molar-refractivity contribution in [2.24, 2.45) is 5.73 Å². The topological polar surface area (TPSA) is 38.9 Å². The van der Waals surface area contributed by atoms with Crippen LogP contribution in [0.3, 0.4) is 0 Å². The summed E-state index contributed by atoms with van der Waals surface area (Å²) in [5.74, 6) is 0. The second kappa shape index (κ2) is 4.58. The van der Waals surface area contributed by atoms with Gasteiger partial charge >= 0.3 is 0 Å². The van der Waals surface area contributed by atoms with Crippen molar-refractivity contribution in [3.8, 4) is 0 Å². The van der Waals surface area contributed by atoms with Gasteiger partial charge in [0, 0.05) is 17.1 Å². The van der Waals surface area contributed by atoms with Crippen molar-refractivity contribution in [1.29, 1.82) is 0 Å². The standard InChI is InChI=1S/C9H16N2S/c1-3-4-5-8(10)9-6-11-7(2)12-9/h6,8H,3-5,10H2,1-2H3. The third-order valence-corrected chi connectivity index (χ3v) is 2.92. The van der Waals surface area contributed by atoms with Crippen molar-refractivity contribution in [2.45, 2.75) is 39.2 Å². The Hall–Kier alpha value is -0.410. The molecule has 1 aromatic rings. The molecule has 0 spiro atoms. The second-order valence-electron chi connectivity index (χ2n) is 3.03. The predicted octanol–water partition coefficient (Wildman–Crippen LogP) is 2.64. The lowest BCUT2D eigenvalue weighted by Crippen LogP contribution is -2.07. The third kappa shape index (κ3) is 2.57. The van der Waals surface area contributed by atoms with E-state index in [1.807, 2.05) is 13.1 Å². The van der Waals surface area contributed by atoms with E-state index in [0.29, 0.717) is 0 Å². The molecule has 1 heterocycles. The number of hydrogen-bond acceptors (Lipinski definition) is 3. The summed E-state index contributed by atoms with van der Waals surface area (Å²) in [4.78, 5) is 5.41. The summed E-state index contributed by atoms with van der Waals surface area (Å²) < 4.78 is 0. The highest BCUT2D eigenvalue weighted by molar-refractivity contribution is 7.11. The van der Waals surface area contributed by atoms with Gasteiger partial charge in [-0.1, -0.05) is 19.8 Å². The molecular formula is C9H16N2S. The van der Waals surface area contributed by atoms with Gasteiger partial charge in [0.25, 0.3) is 0 Å². The zero-order valence-electron chi connectivity index (χ0n) is 7.71. The number of rotatable bonds is 4. The fourth-order valence-corrected chi connectivity index (χ4v) is 1.94. The summed E-state index contributed by atoms with van der Waals surface area (Å²) in [7, 11) is 0. The summed E-state index contributed by atoms with van der Waals surface area (Å²) in [5, 5.41) is 1.11. The molecule has 2 nitrogen and oxygen atoms in total. The number of hydrogen-bond donors (Lipinski definition) is 1. The molecular weight excluding hydrogens is 168 g/mol. The van der Waals surface area contributed by atoms with Crippen molar-refractivity contribution in [2.75, 3.05) is 0 Å². The molecule has 0 aliphatic heterocycles. The summed E-state index contributed by atoms with van der Waals surface area (Å²) in [6, 6.07) is 0.205. The Morgan fingerprint density at radius 3 is 2.92 bits per heavy atom. The predicted molar refractivity (Wildman–Crippen MR) is 53.3 cm³/mol. The molecule has 0 fully saturated rings.